The topological polar surface area (TPSA) is 98.3 Å². The second-order valence-corrected chi connectivity index (χ2v) is 10.8. The van der Waals surface area contributed by atoms with Crippen LogP contribution in [-0.4, -0.2) is 29.9 Å². The minimum Gasteiger partial charge on any atom is -0.304 e. The Morgan fingerprint density at radius 2 is 1.74 bits per heavy atom. The number of rotatable bonds is 5. The molecule has 35 heavy (non-hydrogen) atoms. The predicted molar refractivity (Wildman–Crippen MR) is 133 cm³/mol. The fraction of sp³-hybridized carbons (Fsp3) is 0.231. The van der Waals surface area contributed by atoms with Crippen molar-refractivity contribution in [1.29, 1.82) is 0 Å². The number of aromatic nitrogens is 2. The number of amides is 1. The van der Waals surface area contributed by atoms with E-state index in [2.05, 4.69) is 5.10 Å². The van der Waals surface area contributed by atoms with Crippen LogP contribution in [0.1, 0.15) is 24.1 Å². The number of carbonyl (C=O) groups is 1. The highest BCUT2D eigenvalue weighted by Crippen LogP contribution is 2.45. The average molecular weight is 493 g/mol. The molecule has 5 rings (SSSR count). The van der Waals surface area contributed by atoms with E-state index in [1.54, 1.807) is 34.8 Å². The summed E-state index contributed by atoms with van der Waals surface area (Å²) in [6.07, 6.45) is 1.69. The summed E-state index contributed by atoms with van der Waals surface area (Å²) in [7, 11) is -3.80. The molecule has 180 valence electrons. The minimum atomic E-state index is -3.80. The van der Waals surface area contributed by atoms with Gasteiger partial charge in [-0.2, -0.15) is 5.10 Å². The Morgan fingerprint density at radius 3 is 2.43 bits per heavy atom. The molecular weight excluding hydrogens is 467 g/mol. The zero-order valence-electron chi connectivity index (χ0n) is 19.3. The van der Waals surface area contributed by atoms with Gasteiger partial charge in [0.1, 0.15) is 5.82 Å². The van der Waals surface area contributed by atoms with E-state index in [1.807, 2.05) is 49.4 Å². The summed E-state index contributed by atoms with van der Waals surface area (Å²) in [6, 6.07) is 18.9. The lowest BCUT2D eigenvalue weighted by atomic mass is 9.88. The van der Waals surface area contributed by atoms with Crippen LogP contribution in [0.4, 0.5) is 10.1 Å². The number of benzene rings is 3. The number of nitrogens with two attached hydrogens (primary N) is 1. The first kappa shape index (κ1) is 23.2. The molecule has 0 radical (unpaired) electrons. The van der Waals surface area contributed by atoms with Crippen molar-refractivity contribution in [3.63, 3.8) is 0 Å². The summed E-state index contributed by atoms with van der Waals surface area (Å²) < 4.78 is 39.2. The Morgan fingerprint density at radius 1 is 1.03 bits per heavy atom. The maximum atomic E-state index is 13.5. The smallest absolute Gasteiger partial charge is 0.230 e. The fourth-order valence-electron chi connectivity index (χ4n) is 5.00. The molecule has 3 atom stereocenters. The van der Waals surface area contributed by atoms with Gasteiger partial charge in [-0.25, -0.2) is 22.6 Å². The van der Waals surface area contributed by atoms with Gasteiger partial charge in [-0.05, 0) is 55.0 Å². The molecule has 0 aliphatic carbocycles. The van der Waals surface area contributed by atoms with E-state index in [0.29, 0.717) is 11.4 Å². The van der Waals surface area contributed by atoms with Crippen molar-refractivity contribution in [1.82, 2.24) is 9.78 Å². The second-order valence-electron chi connectivity index (χ2n) is 9.13. The summed E-state index contributed by atoms with van der Waals surface area (Å²) in [5.41, 5.74) is 4.04. The van der Waals surface area contributed by atoms with Crippen LogP contribution in [0, 0.1) is 24.6 Å². The van der Waals surface area contributed by atoms with Crippen LogP contribution in [0.15, 0.2) is 72.9 Å². The zero-order chi connectivity index (χ0) is 24.9. The van der Waals surface area contributed by atoms with Crippen LogP contribution in [0.2, 0.25) is 0 Å². The van der Waals surface area contributed by atoms with Crippen molar-refractivity contribution >= 4 is 32.5 Å². The van der Waals surface area contributed by atoms with Crippen LogP contribution in [0.3, 0.4) is 0 Å². The van der Waals surface area contributed by atoms with Gasteiger partial charge in [0.2, 0.25) is 15.9 Å². The molecule has 1 amide bonds. The number of primary sulfonamides is 1. The zero-order valence-corrected chi connectivity index (χ0v) is 20.1. The normalized spacial score (nSPS) is 20.6. The van der Waals surface area contributed by atoms with Crippen molar-refractivity contribution in [2.24, 2.45) is 17.0 Å². The van der Waals surface area contributed by atoms with Gasteiger partial charge >= 0.3 is 0 Å². The summed E-state index contributed by atoms with van der Waals surface area (Å²) in [5, 5.41) is 10.7. The van der Waals surface area contributed by atoms with Gasteiger partial charge < -0.3 is 4.90 Å². The monoisotopic (exact) mass is 492 g/mol. The van der Waals surface area contributed by atoms with E-state index in [0.717, 1.165) is 22.0 Å². The molecule has 1 fully saturated rings. The first-order valence-electron chi connectivity index (χ1n) is 11.3. The number of hydrogen-bond donors (Lipinski definition) is 1. The number of nitrogens with zero attached hydrogens (tertiary/aromatic N) is 3. The molecule has 7 nitrogen and oxygen atoms in total. The number of hydrogen-bond acceptors (Lipinski definition) is 4. The summed E-state index contributed by atoms with van der Waals surface area (Å²) >= 11 is 0. The first-order chi connectivity index (χ1) is 16.6. The van der Waals surface area contributed by atoms with Crippen molar-refractivity contribution in [2.75, 3.05) is 10.7 Å². The molecule has 1 aromatic heterocycles. The molecule has 1 aliphatic heterocycles. The van der Waals surface area contributed by atoms with Crippen molar-refractivity contribution in [2.45, 2.75) is 19.9 Å². The van der Waals surface area contributed by atoms with Gasteiger partial charge in [0.25, 0.3) is 0 Å². The Bertz CT molecular complexity index is 1530. The highest BCUT2D eigenvalue weighted by molar-refractivity contribution is 7.89. The van der Waals surface area contributed by atoms with Gasteiger partial charge in [-0.3, -0.25) is 4.79 Å². The summed E-state index contributed by atoms with van der Waals surface area (Å²) in [5.74, 6) is -1.81. The number of aryl methyl sites for hydroxylation is 1. The number of fused-ring (bicyclic) bond motifs is 1. The molecule has 0 spiro atoms. The lowest BCUT2D eigenvalue weighted by Crippen LogP contribution is -2.31. The highest BCUT2D eigenvalue weighted by atomic mass is 32.2. The lowest BCUT2D eigenvalue weighted by molar-refractivity contribution is -0.120. The lowest BCUT2D eigenvalue weighted by Gasteiger charge is -2.29. The van der Waals surface area contributed by atoms with Gasteiger partial charge in [0, 0.05) is 22.9 Å². The fourth-order valence-corrected chi connectivity index (χ4v) is 6.01. The van der Waals surface area contributed by atoms with Gasteiger partial charge in [-0.15, -0.1) is 0 Å². The standard InChI is InChI=1S/C26H25FN4O3S/c1-16-4-3-5-18(12-16)25-23(15-35(28,33)34)17(2)26(32)30(25)22-10-11-24-19(13-22)14-29-31(24)21-8-6-20(27)7-9-21/h3-14,17,23,25H,15H2,1-2H3,(H2,28,33,34)/t17-,23-,25-/m0/s1. The SMILES string of the molecule is Cc1cccc([C@H]2[C@@H](CS(N)(=O)=O)[C@H](C)C(=O)N2c2ccc3c(cnn3-c3ccc(F)cc3)c2)c1. The number of sulfonamides is 1. The predicted octanol–water partition coefficient (Wildman–Crippen LogP) is 4.10. The number of halogens is 1. The molecule has 0 saturated carbocycles. The van der Waals surface area contributed by atoms with Crippen molar-refractivity contribution in [3.8, 4) is 5.69 Å². The van der Waals surface area contributed by atoms with Crippen LogP contribution < -0.4 is 10.0 Å². The third-order valence-electron chi connectivity index (χ3n) is 6.66. The van der Waals surface area contributed by atoms with Gasteiger partial charge in [0.15, 0.2) is 0 Å². The molecule has 0 unspecified atom stereocenters. The third kappa shape index (κ3) is 4.33. The molecule has 1 saturated heterocycles. The molecule has 2 N–H and O–H groups in total. The molecule has 3 aromatic carbocycles. The van der Waals surface area contributed by atoms with Crippen LogP contribution in [0.5, 0.6) is 0 Å². The molecular formula is C26H25FN4O3S. The van der Waals surface area contributed by atoms with E-state index in [-0.39, 0.29) is 17.5 Å². The quantitative estimate of drug-likeness (QED) is 0.453. The summed E-state index contributed by atoms with van der Waals surface area (Å²) in [6.45, 7) is 3.71. The molecule has 0 bridgehead atoms. The third-order valence-corrected chi connectivity index (χ3v) is 7.51. The Labute approximate surface area is 203 Å². The van der Waals surface area contributed by atoms with E-state index < -0.39 is 27.9 Å². The van der Waals surface area contributed by atoms with E-state index in [1.165, 1.54) is 12.1 Å². The molecule has 4 aromatic rings. The second kappa shape index (κ2) is 8.58. The Balaban J connectivity index is 1.61. The van der Waals surface area contributed by atoms with E-state index >= 15 is 0 Å². The van der Waals surface area contributed by atoms with E-state index in [4.69, 9.17) is 5.14 Å². The van der Waals surface area contributed by atoms with Gasteiger partial charge in [0.05, 0.1) is 29.2 Å². The van der Waals surface area contributed by atoms with E-state index in [9.17, 15) is 17.6 Å². The van der Waals surface area contributed by atoms with Crippen molar-refractivity contribution in [3.05, 3.63) is 89.9 Å². The van der Waals surface area contributed by atoms with Crippen LogP contribution in [-0.2, 0) is 14.8 Å². The Hall–Kier alpha value is -3.56. The maximum Gasteiger partial charge on any atom is 0.230 e. The number of anilines is 1. The molecule has 9 heteroatoms. The minimum absolute atomic E-state index is 0.157. The van der Waals surface area contributed by atoms with Crippen LogP contribution in [0.25, 0.3) is 16.6 Å². The Kier molecular flexibility index (Phi) is 5.69. The average Bonchev–Trinajstić information content (AvgIpc) is 3.33. The summed E-state index contributed by atoms with van der Waals surface area (Å²) in [4.78, 5) is 15.2. The van der Waals surface area contributed by atoms with Gasteiger partial charge in [-0.1, -0.05) is 36.8 Å². The molecule has 1 aliphatic rings. The van der Waals surface area contributed by atoms with Crippen molar-refractivity contribution < 1.29 is 17.6 Å². The molecule has 2 heterocycles. The van der Waals surface area contributed by atoms with Crippen LogP contribution >= 0.6 is 0 Å². The maximum absolute atomic E-state index is 13.5. The first-order valence-corrected chi connectivity index (χ1v) is 13.0. The highest BCUT2D eigenvalue weighted by Gasteiger charge is 2.48. The number of carbonyl (C=O) groups excluding carboxylic acids is 1. The largest absolute Gasteiger partial charge is 0.304 e.